The van der Waals surface area contributed by atoms with E-state index in [0.717, 1.165) is 60.4 Å². The van der Waals surface area contributed by atoms with E-state index in [4.69, 9.17) is 4.74 Å². The number of hydrogen-bond acceptors (Lipinski definition) is 8. The quantitative estimate of drug-likeness (QED) is 0.169. The number of hydrogen-bond donors (Lipinski definition) is 3. The average Bonchev–Trinajstić information content (AvgIpc) is 3.32. The van der Waals surface area contributed by atoms with Crippen LogP contribution in [0, 0.1) is 0 Å². The van der Waals surface area contributed by atoms with E-state index in [1.165, 1.54) is 12.4 Å². The van der Waals surface area contributed by atoms with Gasteiger partial charge in [0.15, 0.2) is 0 Å². The number of amides is 1. The molecule has 2 heterocycles. The van der Waals surface area contributed by atoms with Gasteiger partial charge in [-0.15, -0.1) is 0 Å². The van der Waals surface area contributed by atoms with Crippen molar-refractivity contribution in [2.45, 2.75) is 20.3 Å². The minimum atomic E-state index is -0.286. The molecule has 0 aliphatic carbocycles. The zero-order valence-corrected chi connectivity index (χ0v) is 23.0. The predicted octanol–water partition coefficient (Wildman–Crippen LogP) is 4.73. The topological polar surface area (TPSA) is 109 Å². The second-order valence-corrected chi connectivity index (χ2v) is 9.06. The summed E-state index contributed by atoms with van der Waals surface area (Å²) in [5.74, 6) is 0.935. The zero-order chi connectivity index (χ0) is 27.8. The van der Waals surface area contributed by atoms with Crippen molar-refractivity contribution in [1.29, 1.82) is 0 Å². The third-order valence-corrected chi connectivity index (χ3v) is 6.38. The lowest BCUT2D eigenvalue weighted by molar-refractivity contribution is -0.111. The van der Waals surface area contributed by atoms with Gasteiger partial charge < -0.3 is 25.6 Å². The van der Waals surface area contributed by atoms with Crippen molar-refractivity contribution < 1.29 is 9.53 Å². The number of ether oxygens (including phenoxy) is 1. The molecule has 4 aromatic rings. The summed E-state index contributed by atoms with van der Waals surface area (Å²) in [6.07, 6.45) is 5.58. The highest BCUT2D eigenvalue weighted by molar-refractivity contribution is 6.02. The SMILES string of the molecule is C=CC(=O)Nc1cc(Nc2cc(-c3ccc4c(cnn4C)c3)ncn2)c(OC)cc1N(CCC)CCNCC. The summed E-state index contributed by atoms with van der Waals surface area (Å²) in [5, 5.41) is 15.1. The Hall–Kier alpha value is -4.44. The van der Waals surface area contributed by atoms with E-state index in [2.05, 4.69) is 62.4 Å². The molecule has 0 saturated carbocycles. The average molecular weight is 529 g/mol. The van der Waals surface area contributed by atoms with Crippen molar-refractivity contribution in [2.24, 2.45) is 7.05 Å². The molecule has 10 nitrogen and oxygen atoms in total. The van der Waals surface area contributed by atoms with Crippen molar-refractivity contribution in [1.82, 2.24) is 25.1 Å². The van der Waals surface area contributed by atoms with E-state index in [-0.39, 0.29) is 5.91 Å². The number of methoxy groups -OCH3 is 1. The van der Waals surface area contributed by atoms with Crippen LogP contribution in [0.2, 0.25) is 0 Å². The number of carbonyl (C=O) groups excluding carboxylic acids is 1. The summed E-state index contributed by atoms with van der Waals surface area (Å²) in [7, 11) is 3.55. The molecule has 10 heteroatoms. The van der Waals surface area contributed by atoms with Gasteiger partial charge in [-0.25, -0.2) is 9.97 Å². The van der Waals surface area contributed by atoms with Gasteiger partial charge in [0, 0.05) is 49.8 Å². The zero-order valence-electron chi connectivity index (χ0n) is 23.0. The molecule has 204 valence electrons. The fourth-order valence-corrected chi connectivity index (χ4v) is 4.44. The molecule has 2 aromatic heterocycles. The summed E-state index contributed by atoms with van der Waals surface area (Å²) in [6.45, 7) is 11.2. The van der Waals surface area contributed by atoms with Gasteiger partial charge in [0.1, 0.15) is 17.9 Å². The van der Waals surface area contributed by atoms with Gasteiger partial charge in [-0.3, -0.25) is 9.48 Å². The van der Waals surface area contributed by atoms with Crippen LogP contribution in [0.15, 0.2) is 61.6 Å². The molecule has 3 N–H and O–H groups in total. The Morgan fingerprint density at radius 1 is 1.13 bits per heavy atom. The molecule has 1 amide bonds. The number of anilines is 4. The summed E-state index contributed by atoms with van der Waals surface area (Å²) in [5.41, 5.74) is 4.97. The van der Waals surface area contributed by atoms with Gasteiger partial charge in [-0.05, 0) is 37.2 Å². The first-order chi connectivity index (χ1) is 19.0. The Kier molecular flexibility index (Phi) is 9.11. The summed E-state index contributed by atoms with van der Waals surface area (Å²) >= 11 is 0. The third-order valence-electron chi connectivity index (χ3n) is 6.38. The Bertz CT molecular complexity index is 1450. The van der Waals surface area contributed by atoms with E-state index in [9.17, 15) is 4.79 Å². The molecule has 4 rings (SSSR count). The third kappa shape index (κ3) is 6.53. The van der Waals surface area contributed by atoms with Gasteiger partial charge in [-0.1, -0.05) is 26.5 Å². The van der Waals surface area contributed by atoms with Crippen molar-refractivity contribution in [3.05, 3.63) is 61.6 Å². The smallest absolute Gasteiger partial charge is 0.247 e. The first-order valence-electron chi connectivity index (χ1n) is 13.1. The number of carbonyl (C=O) groups is 1. The maximum atomic E-state index is 12.4. The number of aromatic nitrogens is 4. The van der Waals surface area contributed by atoms with E-state index < -0.39 is 0 Å². The summed E-state index contributed by atoms with van der Waals surface area (Å²) < 4.78 is 7.61. The molecule has 2 aromatic carbocycles. The van der Waals surface area contributed by atoms with Gasteiger partial charge >= 0.3 is 0 Å². The summed E-state index contributed by atoms with van der Waals surface area (Å²) in [4.78, 5) is 23.5. The Morgan fingerprint density at radius 3 is 2.72 bits per heavy atom. The van der Waals surface area contributed by atoms with Crippen molar-refractivity contribution >= 4 is 39.7 Å². The van der Waals surface area contributed by atoms with Crippen LogP contribution in [0.1, 0.15) is 20.3 Å². The standard InChI is InChI=1S/C29H36N8O2/c1-6-12-37(13-11-30-8-3)26-17-27(39-5)24(15-23(26)35-29(38)7-2)34-28-16-22(31-19-32-28)20-9-10-25-21(14-20)18-33-36(25)4/h7,9-10,14-19,30H,2,6,8,11-13H2,1,3-5H3,(H,35,38)(H,31,32,34). The van der Waals surface area contributed by atoms with Crippen LogP contribution in [-0.4, -0.2) is 58.9 Å². The van der Waals surface area contributed by atoms with Crippen LogP contribution in [0.25, 0.3) is 22.2 Å². The second-order valence-electron chi connectivity index (χ2n) is 9.06. The monoisotopic (exact) mass is 528 g/mol. The lowest BCUT2D eigenvalue weighted by Gasteiger charge is -2.28. The number of benzene rings is 2. The first kappa shape index (κ1) is 27.6. The predicted molar refractivity (Wildman–Crippen MR) is 158 cm³/mol. The highest BCUT2D eigenvalue weighted by atomic mass is 16.5. The second kappa shape index (κ2) is 12.9. The number of nitrogens with one attached hydrogen (secondary N) is 3. The van der Waals surface area contributed by atoms with Crippen molar-refractivity contribution in [3.8, 4) is 17.0 Å². The number of fused-ring (bicyclic) bond motifs is 1. The normalized spacial score (nSPS) is 10.9. The van der Waals surface area contributed by atoms with E-state index in [1.54, 1.807) is 7.11 Å². The Labute approximate surface area is 229 Å². The minimum absolute atomic E-state index is 0.286. The molecular formula is C29H36N8O2. The number of likely N-dealkylation sites (N-methyl/N-ethyl adjacent to an activating group) is 1. The lowest BCUT2D eigenvalue weighted by atomic mass is 10.1. The largest absolute Gasteiger partial charge is 0.494 e. The van der Waals surface area contributed by atoms with Crippen molar-refractivity contribution in [2.75, 3.05) is 48.8 Å². The first-order valence-corrected chi connectivity index (χ1v) is 13.1. The number of aryl methyl sites for hydroxylation is 1. The van der Waals surface area contributed by atoms with Gasteiger partial charge in [-0.2, -0.15) is 5.10 Å². The molecule has 0 bridgehead atoms. The van der Waals surface area contributed by atoms with E-state index in [1.807, 2.05) is 48.3 Å². The molecule has 0 radical (unpaired) electrons. The highest BCUT2D eigenvalue weighted by Gasteiger charge is 2.18. The van der Waals surface area contributed by atoms with Gasteiger partial charge in [0.05, 0.1) is 41.6 Å². The van der Waals surface area contributed by atoms with Crippen LogP contribution in [0.3, 0.4) is 0 Å². The Morgan fingerprint density at radius 2 is 1.97 bits per heavy atom. The van der Waals surface area contributed by atoms with Crippen LogP contribution >= 0.6 is 0 Å². The lowest BCUT2D eigenvalue weighted by Crippen LogP contribution is -2.33. The van der Waals surface area contributed by atoms with Crippen LogP contribution in [0.5, 0.6) is 5.75 Å². The van der Waals surface area contributed by atoms with Gasteiger partial charge in [0.2, 0.25) is 5.91 Å². The van der Waals surface area contributed by atoms with Crippen LogP contribution in [-0.2, 0) is 11.8 Å². The highest BCUT2D eigenvalue weighted by Crippen LogP contribution is 2.39. The molecule has 0 aliphatic heterocycles. The Balaban J connectivity index is 1.69. The molecule has 0 saturated heterocycles. The molecule has 39 heavy (non-hydrogen) atoms. The summed E-state index contributed by atoms with van der Waals surface area (Å²) in [6, 6.07) is 11.8. The number of nitrogens with zero attached hydrogens (tertiary/aromatic N) is 5. The maximum absolute atomic E-state index is 12.4. The van der Waals surface area contributed by atoms with E-state index >= 15 is 0 Å². The molecule has 0 atom stereocenters. The number of rotatable bonds is 13. The van der Waals surface area contributed by atoms with Gasteiger partial charge in [0.25, 0.3) is 0 Å². The molecular weight excluding hydrogens is 492 g/mol. The molecule has 0 aliphatic rings. The van der Waals surface area contributed by atoms with E-state index in [0.29, 0.717) is 22.9 Å². The fourth-order valence-electron chi connectivity index (χ4n) is 4.44. The molecule has 0 spiro atoms. The van der Waals surface area contributed by atoms with Crippen molar-refractivity contribution in [3.63, 3.8) is 0 Å². The van der Waals surface area contributed by atoms with Crippen LogP contribution in [0.4, 0.5) is 22.9 Å². The molecule has 0 fully saturated rings. The molecule has 0 unspecified atom stereocenters. The van der Waals surface area contributed by atoms with Crippen LogP contribution < -0.4 is 25.6 Å². The fraction of sp³-hybridized carbons (Fsp3) is 0.310. The minimum Gasteiger partial charge on any atom is -0.494 e. The maximum Gasteiger partial charge on any atom is 0.247 e.